The Balaban J connectivity index is 3.01. The summed E-state index contributed by atoms with van der Waals surface area (Å²) in [7, 11) is 0. The second-order valence-electron chi connectivity index (χ2n) is 2.99. The van der Waals surface area contributed by atoms with Gasteiger partial charge in [0.15, 0.2) is 0 Å². The zero-order chi connectivity index (χ0) is 9.84. The van der Waals surface area contributed by atoms with Crippen molar-refractivity contribution in [1.82, 2.24) is 0 Å². The van der Waals surface area contributed by atoms with Crippen LogP contribution in [0.5, 0.6) is 5.75 Å². The van der Waals surface area contributed by atoms with Gasteiger partial charge in [-0.3, -0.25) is 4.79 Å². The maximum Gasteiger partial charge on any atom is 0.308 e. The van der Waals surface area contributed by atoms with Gasteiger partial charge in [0.1, 0.15) is 5.75 Å². The largest absolute Gasteiger partial charge is 0.426 e. The van der Waals surface area contributed by atoms with Gasteiger partial charge < -0.3 is 4.74 Å². The molecule has 0 unspecified atom stereocenters. The number of carbonyl (C=O) groups is 1. The van der Waals surface area contributed by atoms with E-state index >= 15 is 0 Å². The first-order valence-electron chi connectivity index (χ1n) is 4.42. The number of ether oxygens (including phenoxy) is 1. The number of benzene rings is 1. The van der Waals surface area contributed by atoms with Crippen molar-refractivity contribution >= 4 is 5.97 Å². The minimum Gasteiger partial charge on any atom is -0.426 e. The minimum absolute atomic E-state index is 0.267. The lowest BCUT2D eigenvalue weighted by atomic mass is 10.1. The zero-order valence-corrected chi connectivity index (χ0v) is 8.26. The highest BCUT2D eigenvalue weighted by Gasteiger charge is 2.04. The van der Waals surface area contributed by atoms with E-state index in [1.54, 1.807) is 0 Å². The molecule has 0 aliphatic carbocycles. The molecule has 0 N–H and O–H groups in total. The van der Waals surface area contributed by atoms with Crippen molar-refractivity contribution in [3.05, 3.63) is 29.3 Å². The molecule has 0 heterocycles. The molecule has 13 heavy (non-hydrogen) atoms. The molecule has 1 aromatic carbocycles. The summed E-state index contributed by atoms with van der Waals surface area (Å²) >= 11 is 0. The molecule has 0 saturated heterocycles. The zero-order valence-electron chi connectivity index (χ0n) is 8.26. The van der Waals surface area contributed by atoms with Crippen LogP contribution >= 0.6 is 0 Å². The van der Waals surface area contributed by atoms with Crippen molar-refractivity contribution in [1.29, 1.82) is 0 Å². The fraction of sp³-hybridized carbons (Fsp3) is 0.364. The Bertz CT molecular complexity index is 316. The van der Waals surface area contributed by atoms with Gasteiger partial charge in [0, 0.05) is 6.92 Å². The number of esters is 1. The maximum atomic E-state index is 10.7. The highest BCUT2D eigenvalue weighted by molar-refractivity contribution is 5.69. The molecule has 0 fully saturated rings. The standard InChI is InChI=1S/C11H14O2/c1-4-10-6-5-7-11(8(10)2)13-9(3)12/h5-7H,4H2,1-3H3. The van der Waals surface area contributed by atoms with E-state index in [2.05, 4.69) is 6.92 Å². The average Bonchev–Trinajstić information content (AvgIpc) is 2.08. The van der Waals surface area contributed by atoms with E-state index in [0.29, 0.717) is 5.75 Å². The predicted octanol–water partition coefficient (Wildman–Crippen LogP) is 2.48. The third kappa shape index (κ3) is 2.31. The van der Waals surface area contributed by atoms with E-state index in [1.165, 1.54) is 12.5 Å². The van der Waals surface area contributed by atoms with Crippen molar-refractivity contribution in [2.75, 3.05) is 0 Å². The summed E-state index contributed by atoms with van der Waals surface area (Å²) in [5.41, 5.74) is 2.28. The number of hydrogen-bond acceptors (Lipinski definition) is 2. The van der Waals surface area contributed by atoms with Crippen LogP contribution in [-0.2, 0) is 11.2 Å². The fourth-order valence-electron chi connectivity index (χ4n) is 1.31. The van der Waals surface area contributed by atoms with Gasteiger partial charge in [0.2, 0.25) is 0 Å². The summed E-state index contributed by atoms with van der Waals surface area (Å²) in [5.74, 6) is 0.406. The molecule has 0 spiro atoms. The van der Waals surface area contributed by atoms with Crippen molar-refractivity contribution in [2.45, 2.75) is 27.2 Å². The van der Waals surface area contributed by atoms with Gasteiger partial charge in [0.05, 0.1) is 0 Å². The number of aryl methyl sites for hydroxylation is 1. The Hall–Kier alpha value is -1.31. The van der Waals surface area contributed by atoms with Crippen LogP contribution in [-0.4, -0.2) is 5.97 Å². The second kappa shape index (κ2) is 4.08. The highest BCUT2D eigenvalue weighted by Crippen LogP contribution is 2.21. The van der Waals surface area contributed by atoms with E-state index in [0.717, 1.165) is 12.0 Å². The molecule has 70 valence electrons. The smallest absolute Gasteiger partial charge is 0.308 e. The lowest BCUT2D eigenvalue weighted by Crippen LogP contribution is -2.03. The third-order valence-corrected chi connectivity index (χ3v) is 2.03. The predicted molar refractivity (Wildman–Crippen MR) is 51.9 cm³/mol. The molecule has 0 atom stereocenters. The lowest BCUT2D eigenvalue weighted by Gasteiger charge is -2.08. The topological polar surface area (TPSA) is 26.3 Å². The summed E-state index contributed by atoms with van der Waals surface area (Å²) < 4.78 is 5.05. The van der Waals surface area contributed by atoms with E-state index in [9.17, 15) is 4.79 Å². The van der Waals surface area contributed by atoms with E-state index in [4.69, 9.17) is 4.74 Å². The van der Waals surface area contributed by atoms with Crippen molar-refractivity contribution in [3.63, 3.8) is 0 Å². The first kappa shape index (κ1) is 9.78. The molecule has 0 aliphatic heterocycles. The SMILES string of the molecule is CCc1cccc(OC(C)=O)c1C. The minimum atomic E-state index is -0.267. The fourth-order valence-corrected chi connectivity index (χ4v) is 1.31. The van der Waals surface area contributed by atoms with Crippen molar-refractivity contribution in [2.24, 2.45) is 0 Å². The first-order chi connectivity index (χ1) is 6.15. The summed E-state index contributed by atoms with van der Waals surface area (Å²) in [6.07, 6.45) is 0.959. The molecule has 0 saturated carbocycles. The highest BCUT2D eigenvalue weighted by atomic mass is 16.5. The average molecular weight is 178 g/mol. The first-order valence-corrected chi connectivity index (χ1v) is 4.42. The van der Waals surface area contributed by atoms with Gasteiger partial charge in [-0.15, -0.1) is 0 Å². The Morgan fingerprint density at radius 1 is 1.46 bits per heavy atom. The summed E-state index contributed by atoms with van der Waals surface area (Å²) in [6.45, 7) is 5.47. The Labute approximate surface area is 78.5 Å². The van der Waals surface area contributed by atoms with Crippen LogP contribution in [0.1, 0.15) is 25.0 Å². The number of carbonyl (C=O) groups excluding carboxylic acids is 1. The van der Waals surface area contributed by atoms with Crippen LogP contribution in [0, 0.1) is 6.92 Å². The van der Waals surface area contributed by atoms with Crippen molar-refractivity contribution in [3.8, 4) is 5.75 Å². The third-order valence-electron chi connectivity index (χ3n) is 2.03. The van der Waals surface area contributed by atoms with E-state index < -0.39 is 0 Å². The Morgan fingerprint density at radius 2 is 2.15 bits per heavy atom. The molecule has 2 heteroatoms. The van der Waals surface area contributed by atoms with Crippen LogP contribution in [0.15, 0.2) is 18.2 Å². The quantitative estimate of drug-likeness (QED) is 0.513. The molecule has 0 radical (unpaired) electrons. The van der Waals surface area contributed by atoms with E-state index in [1.807, 2.05) is 25.1 Å². The summed E-state index contributed by atoms with van der Waals surface area (Å²) in [5, 5.41) is 0. The molecule has 1 aromatic rings. The summed E-state index contributed by atoms with van der Waals surface area (Å²) in [6, 6.07) is 5.77. The lowest BCUT2D eigenvalue weighted by molar-refractivity contribution is -0.131. The molecule has 2 nitrogen and oxygen atoms in total. The van der Waals surface area contributed by atoms with Crippen LogP contribution in [0.25, 0.3) is 0 Å². The molecular weight excluding hydrogens is 164 g/mol. The second-order valence-corrected chi connectivity index (χ2v) is 2.99. The molecule has 0 aliphatic rings. The molecule has 1 rings (SSSR count). The van der Waals surface area contributed by atoms with Gasteiger partial charge in [0.25, 0.3) is 0 Å². The Kier molecular flexibility index (Phi) is 3.07. The number of hydrogen-bond donors (Lipinski definition) is 0. The normalized spacial score (nSPS) is 9.77. The molecule has 0 bridgehead atoms. The summed E-state index contributed by atoms with van der Waals surface area (Å²) in [4.78, 5) is 10.7. The van der Waals surface area contributed by atoms with Gasteiger partial charge in [-0.2, -0.15) is 0 Å². The van der Waals surface area contributed by atoms with Crippen LogP contribution in [0.3, 0.4) is 0 Å². The van der Waals surface area contributed by atoms with Gasteiger partial charge >= 0.3 is 5.97 Å². The van der Waals surface area contributed by atoms with Crippen LogP contribution in [0.4, 0.5) is 0 Å². The molecular formula is C11H14O2. The monoisotopic (exact) mass is 178 g/mol. The van der Waals surface area contributed by atoms with Gasteiger partial charge in [-0.05, 0) is 30.5 Å². The molecule has 0 aromatic heterocycles. The van der Waals surface area contributed by atoms with Crippen LogP contribution in [0.2, 0.25) is 0 Å². The van der Waals surface area contributed by atoms with Crippen LogP contribution < -0.4 is 4.74 Å². The maximum absolute atomic E-state index is 10.7. The Morgan fingerprint density at radius 3 is 2.69 bits per heavy atom. The van der Waals surface area contributed by atoms with Crippen molar-refractivity contribution < 1.29 is 9.53 Å². The molecule has 0 amide bonds. The van der Waals surface area contributed by atoms with Gasteiger partial charge in [-0.1, -0.05) is 19.1 Å². The number of rotatable bonds is 2. The van der Waals surface area contributed by atoms with Gasteiger partial charge in [-0.25, -0.2) is 0 Å². The van der Waals surface area contributed by atoms with E-state index in [-0.39, 0.29) is 5.97 Å².